The molecule has 1 aromatic heterocycles. The fourth-order valence-electron chi connectivity index (χ4n) is 2.62. The van der Waals surface area contributed by atoms with E-state index in [4.69, 9.17) is 0 Å². The summed E-state index contributed by atoms with van der Waals surface area (Å²) in [5, 5.41) is 6.98. The molecule has 1 unspecified atom stereocenters. The second kappa shape index (κ2) is 3.88. The van der Waals surface area contributed by atoms with Crippen molar-refractivity contribution in [2.75, 3.05) is 11.9 Å². The molecule has 0 aliphatic carbocycles. The molecule has 1 fully saturated rings. The fourth-order valence-corrected chi connectivity index (χ4v) is 2.62. The molecule has 0 saturated carbocycles. The van der Waals surface area contributed by atoms with Crippen LogP contribution in [-0.2, 0) is 0 Å². The number of H-pyrrole nitrogens is 2. The molecule has 0 spiro atoms. The highest BCUT2D eigenvalue weighted by Crippen LogP contribution is 2.22. The summed E-state index contributed by atoms with van der Waals surface area (Å²) in [4.78, 5) is 16.7. The Labute approximate surface area is 105 Å². The van der Waals surface area contributed by atoms with Gasteiger partial charge >= 0.3 is 5.69 Å². The Bertz CT molecular complexity index is 625. The topological polar surface area (TPSA) is 72.7 Å². The number of fused-ring (bicyclic) bond motifs is 1. The van der Waals surface area contributed by atoms with Gasteiger partial charge in [0.15, 0.2) is 0 Å². The van der Waals surface area contributed by atoms with Gasteiger partial charge in [-0.05, 0) is 38.5 Å². The van der Waals surface area contributed by atoms with Crippen LogP contribution in [0.4, 0.5) is 5.69 Å². The molecule has 0 bridgehead atoms. The first-order valence-electron chi connectivity index (χ1n) is 6.25. The molecule has 0 radical (unpaired) electrons. The number of aromatic nitrogens is 2. The first-order chi connectivity index (χ1) is 8.52. The molecule has 4 N–H and O–H groups in total. The van der Waals surface area contributed by atoms with Crippen LogP contribution in [0.15, 0.2) is 23.0 Å². The largest absolute Gasteiger partial charge is 0.381 e. The Kier molecular flexibility index (Phi) is 2.45. The minimum Gasteiger partial charge on any atom is -0.381 e. The molecule has 1 saturated heterocycles. The van der Waals surface area contributed by atoms with E-state index < -0.39 is 0 Å². The van der Waals surface area contributed by atoms with E-state index in [2.05, 4.69) is 34.4 Å². The van der Waals surface area contributed by atoms with E-state index in [0.717, 1.165) is 29.7 Å². The van der Waals surface area contributed by atoms with Crippen LogP contribution >= 0.6 is 0 Å². The predicted molar refractivity (Wildman–Crippen MR) is 73.0 cm³/mol. The normalized spacial score (nSPS) is 22.4. The molecule has 1 atom stereocenters. The number of aromatic amines is 2. The molecule has 5 nitrogen and oxygen atoms in total. The van der Waals surface area contributed by atoms with Crippen molar-refractivity contribution in [3.8, 4) is 0 Å². The maximum atomic E-state index is 11.2. The van der Waals surface area contributed by atoms with Gasteiger partial charge in [-0.2, -0.15) is 0 Å². The maximum Gasteiger partial charge on any atom is 0.323 e. The van der Waals surface area contributed by atoms with E-state index in [9.17, 15) is 4.79 Å². The van der Waals surface area contributed by atoms with Crippen molar-refractivity contribution in [3.63, 3.8) is 0 Å². The van der Waals surface area contributed by atoms with E-state index in [-0.39, 0.29) is 11.2 Å². The highest BCUT2D eigenvalue weighted by molar-refractivity contribution is 5.78. The third kappa shape index (κ3) is 2.13. The summed E-state index contributed by atoms with van der Waals surface area (Å²) in [7, 11) is 0. The first-order valence-corrected chi connectivity index (χ1v) is 6.25. The SMILES string of the molecule is CC1(C)CC(Nc2ccc3[nH]c(=O)[nH]c3c2)CN1. The summed E-state index contributed by atoms with van der Waals surface area (Å²) < 4.78 is 0. The van der Waals surface area contributed by atoms with Gasteiger partial charge in [0.25, 0.3) is 0 Å². The third-order valence-corrected chi connectivity index (χ3v) is 3.47. The van der Waals surface area contributed by atoms with Crippen LogP contribution in [0.25, 0.3) is 11.0 Å². The lowest BCUT2D eigenvalue weighted by molar-refractivity contribution is 0.457. The summed E-state index contributed by atoms with van der Waals surface area (Å²) in [5.74, 6) is 0. The predicted octanol–water partition coefficient (Wildman–Crippen LogP) is 1.41. The Hall–Kier alpha value is -1.75. The van der Waals surface area contributed by atoms with Gasteiger partial charge in [0.05, 0.1) is 11.0 Å². The first kappa shape index (κ1) is 11.3. The van der Waals surface area contributed by atoms with Crippen LogP contribution in [-0.4, -0.2) is 28.1 Å². The fraction of sp³-hybridized carbons (Fsp3) is 0.462. The summed E-state index contributed by atoms with van der Waals surface area (Å²) >= 11 is 0. The van der Waals surface area contributed by atoms with E-state index in [1.807, 2.05) is 18.2 Å². The summed E-state index contributed by atoms with van der Waals surface area (Å²) in [5.41, 5.74) is 2.77. The van der Waals surface area contributed by atoms with Crippen LogP contribution in [0.3, 0.4) is 0 Å². The monoisotopic (exact) mass is 246 g/mol. The number of hydrogen-bond donors (Lipinski definition) is 4. The maximum absolute atomic E-state index is 11.2. The molecule has 5 heteroatoms. The van der Waals surface area contributed by atoms with Crippen molar-refractivity contribution < 1.29 is 0 Å². The number of hydrogen-bond acceptors (Lipinski definition) is 3. The second-order valence-electron chi connectivity index (χ2n) is 5.65. The lowest BCUT2D eigenvalue weighted by Gasteiger charge is -2.18. The minimum absolute atomic E-state index is 0.161. The van der Waals surface area contributed by atoms with E-state index in [1.54, 1.807) is 0 Å². The van der Waals surface area contributed by atoms with Gasteiger partial charge in [0.2, 0.25) is 0 Å². The minimum atomic E-state index is -0.161. The highest BCUT2D eigenvalue weighted by Gasteiger charge is 2.29. The van der Waals surface area contributed by atoms with Gasteiger partial charge in [-0.15, -0.1) is 0 Å². The zero-order valence-corrected chi connectivity index (χ0v) is 10.6. The molecule has 2 aromatic rings. The van der Waals surface area contributed by atoms with Crippen molar-refractivity contribution in [1.82, 2.24) is 15.3 Å². The number of nitrogens with one attached hydrogen (secondary N) is 4. The summed E-state index contributed by atoms with van der Waals surface area (Å²) in [6.45, 7) is 5.39. The zero-order chi connectivity index (χ0) is 12.8. The number of anilines is 1. The van der Waals surface area contributed by atoms with Gasteiger partial charge in [0, 0.05) is 23.8 Å². The Balaban J connectivity index is 1.81. The second-order valence-corrected chi connectivity index (χ2v) is 5.65. The Morgan fingerprint density at radius 1 is 1.28 bits per heavy atom. The standard InChI is InChI=1S/C13H18N4O/c1-13(2)6-9(7-14-13)15-8-3-4-10-11(5-8)17-12(18)16-10/h3-5,9,14-15H,6-7H2,1-2H3,(H2,16,17,18). The van der Waals surface area contributed by atoms with Gasteiger partial charge in [-0.1, -0.05) is 0 Å². The average molecular weight is 246 g/mol. The van der Waals surface area contributed by atoms with Crippen LogP contribution in [0.2, 0.25) is 0 Å². The van der Waals surface area contributed by atoms with Crippen molar-refractivity contribution in [2.24, 2.45) is 0 Å². The smallest absolute Gasteiger partial charge is 0.323 e. The third-order valence-electron chi connectivity index (χ3n) is 3.47. The van der Waals surface area contributed by atoms with Crippen molar-refractivity contribution in [1.29, 1.82) is 0 Å². The van der Waals surface area contributed by atoms with Gasteiger partial charge in [-0.3, -0.25) is 0 Å². The molecule has 18 heavy (non-hydrogen) atoms. The summed E-state index contributed by atoms with van der Waals surface area (Å²) in [6, 6.07) is 6.32. The van der Waals surface area contributed by atoms with Gasteiger partial charge in [-0.25, -0.2) is 4.79 Å². The number of benzene rings is 1. The lowest BCUT2D eigenvalue weighted by atomic mass is 10.0. The van der Waals surface area contributed by atoms with E-state index >= 15 is 0 Å². The van der Waals surface area contributed by atoms with E-state index in [1.165, 1.54) is 0 Å². The van der Waals surface area contributed by atoms with Crippen molar-refractivity contribution in [2.45, 2.75) is 31.8 Å². The summed E-state index contributed by atoms with van der Waals surface area (Å²) in [6.07, 6.45) is 1.09. The van der Waals surface area contributed by atoms with Crippen LogP contribution in [0, 0.1) is 0 Å². The Morgan fingerprint density at radius 2 is 2.06 bits per heavy atom. The average Bonchev–Trinajstić information content (AvgIpc) is 2.80. The molecule has 1 aliphatic heterocycles. The molecular formula is C13H18N4O. The quantitative estimate of drug-likeness (QED) is 0.647. The molecular weight excluding hydrogens is 228 g/mol. The molecule has 0 amide bonds. The lowest BCUT2D eigenvalue weighted by Crippen LogP contribution is -2.31. The molecule has 3 rings (SSSR count). The number of rotatable bonds is 2. The molecule has 96 valence electrons. The molecule has 2 heterocycles. The van der Waals surface area contributed by atoms with Crippen LogP contribution < -0.4 is 16.3 Å². The van der Waals surface area contributed by atoms with Crippen molar-refractivity contribution in [3.05, 3.63) is 28.7 Å². The van der Waals surface area contributed by atoms with Crippen molar-refractivity contribution >= 4 is 16.7 Å². The van der Waals surface area contributed by atoms with Gasteiger partial charge in [0.1, 0.15) is 0 Å². The molecule has 1 aromatic carbocycles. The van der Waals surface area contributed by atoms with Crippen LogP contribution in [0.5, 0.6) is 0 Å². The molecule has 1 aliphatic rings. The van der Waals surface area contributed by atoms with Crippen LogP contribution in [0.1, 0.15) is 20.3 Å². The Morgan fingerprint density at radius 3 is 2.78 bits per heavy atom. The number of imidazole rings is 1. The van der Waals surface area contributed by atoms with E-state index in [0.29, 0.717) is 6.04 Å². The van der Waals surface area contributed by atoms with Gasteiger partial charge < -0.3 is 20.6 Å². The highest BCUT2D eigenvalue weighted by atomic mass is 16.1. The zero-order valence-electron chi connectivity index (χ0n) is 10.6.